The average molecular weight is 306 g/mol. The molecule has 1 aliphatic rings. The summed E-state index contributed by atoms with van der Waals surface area (Å²) in [6, 6.07) is 0. The molecule has 0 fully saturated rings. The van der Waals surface area contributed by atoms with Crippen LogP contribution in [0, 0.1) is 5.92 Å². The maximum Gasteiger partial charge on any atom is 0.334 e. The number of methoxy groups -OCH3 is 2. The molecule has 0 bridgehead atoms. The normalized spacial score (nSPS) is 18.0. The van der Waals surface area contributed by atoms with Gasteiger partial charge in [0.1, 0.15) is 0 Å². The maximum atomic E-state index is 11.9. The Balaban J connectivity index is 2.88. The number of carbonyl (C=O) groups excluding carboxylic acids is 2. The standard InChI is InChI=1S/C16H22N2O4/c1-18(2)9-8-17-11-12-6-5-7-13(12)14(16(20)22-4)10-15(19)21-3/h5-7,10-11,13H,8-9H2,1-4H3/b14-10-,17-11?. The van der Waals surface area contributed by atoms with Crippen molar-refractivity contribution < 1.29 is 19.1 Å². The van der Waals surface area contributed by atoms with E-state index in [4.69, 9.17) is 4.74 Å². The molecule has 0 aromatic rings. The van der Waals surface area contributed by atoms with Gasteiger partial charge in [-0.1, -0.05) is 18.2 Å². The minimum absolute atomic E-state index is 0.230. The van der Waals surface area contributed by atoms with E-state index in [2.05, 4.69) is 9.73 Å². The van der Waals surface area contributed by atoms with E-state index in [1.165, 1.54) is 14.2 Å². The first-order chi connectivity index (χ1) is 10.5. The van der Waals surface area contributed by atoms with Gasteiger partial charge in [0.25, 0.3) is 0 Å². The van der Waals surface area contributed by atoms with E-state index in [0.29, 0.717) is 6.54 Å². The Kier molecular flexibility index (Phi) is 7.25. The molecule has 0 aromatic carbocycles. The van der Waals surface area contributed by atoms with E-state index in [9.17, 15) is 9.59 Å². The number of hydrogen-bond acceptors (Lipinski definition) is 6. The largest absolute Gasteiger partial charge is 0.466 e. The van der Waals surface area contributed by atoms with Gasteiger partial charge < -0.3 is 14.4 Å². The number of allylic oxidation sites excluding steroid dienone is 4. The third kappa shape index (κ3) is 5.29. The van der Waals surface area contributed by atoms with E-state index < -0.39 is 11.9 Å². The van der Waals surface area contributed by atoms with Crippen molar-refractivity contribution in [3.05, 3.63) is 35.5 Å². The van der Waals surface area contributed by atoms with Crippen molar-refractivity contribution in [2.75, 3.05) is 41.4 Å². The van der Waals surface area contributed by atoms with Crippen LogP contribution in [0.5, 0.6) is 0 Å². The number of hydrogen-bond donors (Lipinski definition) is 0. The first-order valence-corrected chi connectivity index (χ1v) is 6.90. The summed E-state index contributed by atoms with van der Waals surface area (Å²) in [4.78, 5) is 29.7. The maximum absolute atomic E-state index is 11.9. The summed E-state index contributed by atoms with van der Waals surface area (Å²) >= 11 is 0. The Labute approximate surface area is 130 Å². The molecule has 0 aromatic heterocycles. The van der Waals surface area contributed by atoms with Gasteiger partial charge in [-0.05, 0) is 19.7 Å². The summed E-state index contributed by atoms with van der Waals surface area (Å²) in [5.74, 6) is -1.51. The smallest absolute Gasteiger partial charge is 0.334 e. The minimum atomic E-state index is -0.593. The fraction of sp³-hybridized carbons (Fsp3) is 0.438. The molecule has 1 aliphatic carbocycles. The average Bonchev–Trinajstić information content (AvgIpc) is 2.96. The van der Waals surface area contributed by atoms with Crippen molar-refractivity contribution in [3.63, 3.8) is 0 Å². The monoisotopic (exact) mass is 306 g/mol. The summed E-state index contributed by atoms with van der Waals surface area (Å²) in [6.45, 7) is 1.50. The zero-order valence-electron chi connectivity index (χ0n) is 13.4. The highest BCUT2D eigenvalue weighted by atomic mass is 16.5. The van der Waals surface area contributed by atoms with E-state index in [0.717, 1.165) is 18.2 Å². The van der Waals surface area contributed by atoms with Crippen LogP contribution in [-0.2, 0) is 19.1 Å². The molecule has 0 N–H and O–H groups in total. The molecule has 0 amide bonds. The molecule has 0 saturated carbocycles. The predicted molar refractivity (Wildman–Crippen MR) is 84.7 cm³/mol. The van der Waals surface area contributed by atoms with Crippen molar-refractivity contribution >= 4 is 18.2 Å². The topological polar surface area (TPSA) is 68.2 Å². The van der Waals surface area contributed by atoms with Crippen LogP contribution < -0.4 is 0 Å². The molecular formula is C16H22N2O4. The lowest BCUT2D eigenvalue weighted by Gasteiger charge is -2.13. The summed E-state index contributed by atoms with van der Waals surface area (Å²) in [5, 5.41) is 0. The molecule has 1 rings (SSSR count). The molecule has 0 saturated heterocycles. The molecule has 1 atom stereocenters. The van der Waals surface area contributed by atoms with Crippen LogP contribution in [0.15, 0.2) is 40.4 Å². The highest BCUT2D eigenvalue weighted by Gasteiger charge is 2.25. The summed E-state index contributed by atoms with van der Waals surface area (Å²) in [6.07, 6.45) is 8.39. The van der Waals surface area contributed by atoms with Crippen LogP contribution in [0.1, 0.15) is 0 Å². The molecule has 120 valence electrons. The van der Waals surface area contributed by atoms with E-state index in [1.807, 2.05) is 37.2 Å². The Bertz CT molecular complexity index is 530. The van der Waals surface area contributed by atoms with E-state index in [1.54, 1.807) is 6.21 Å². The third-order valence-corrected chi connectivity index (χ3v) is 3.10. The minimum Gasteiger partial charge on any atom is -0.466 e. The zero-order valence-corrected chi connectivity index (χ0v) is 13.4. The van der Waals surface area contributed by atoms with Gasteiger partial charge in [0.15, 0.2) is 0 Å². The summed E-state index contributed by atoms with van der Waals surface area (Å²) in [7, 11) is 6.49. The van der Waals surface area contributed by atoms with Crippen molar-refractivity contribution in [2.24, 2.45) is 10.9 Å². The lowest BCUT2D eigenvalue weighted by atomic mass is 9.93. The lowest BCUT2D eigenvalue weighted by Crippen LogP contribution is -2.17. The molecule has 0 heterocycles. The molecule has 6 heteroatoms. The third-order valence-electron chi connectivity index (χ3n) is 3.10. The lowest BCUT2D eigenvalue weighted by molar-refractivity contribution is -0.138. The van der Waals surface area contributed by atoms with Crippen molar-refractivity contribution in [1.29, 1.82) is 0 Å². The fourth-order valence-corrected chi connectivity index (χ4v) is 1.91. The SMILES string of the molecule is COC(=O)/C=C(\C(=O)OC)C1C=CC=C1C=NCCN(C)C. The van der Waals surface area contributed by atoms with Crippen LogP contribution in [0.4, 0.5) is 0 Å². The van der Waals surface area contributed by atoms with Crippen molar-refractivity contribution in [1.82, 2.24) is 4.90 Å². The Morgan fingerprint density at radius 2 is 2.05 bits per heavy atom. The number of rotatable bonds is 7. The number of ether oxygens (including phenoxy) is 2. The fourth-order valence-electron chi connectivity index (χ4n) is 1.91. The Hall–Kier alpha value is -2.21. The molecular weight excluding hydrogens is 284 g/mol. The number of likely N-dealkylation sites (N-methyl/N-ethyl adjacent to an activating group) is 1. The van der Waals surface area contributed by atoms with Gasteiger partial charge in [0, 0.05) is 24.8 Å². The van der Waals surface area contributed by atoms with Gasteiger partial charge in [0.05, 0.1) is 26.3 Å². The molecule has 0 radical (unpaired) electrons. The van der Waals surface area contributed by atoms with Crippen molar-refractivity contribution in [3.8, 4) is 0 Å². The molecule has 6 nitrogen and oxygen atoms in total. The molecule has 22 heavy (non-hydrogen) atoms. The number of esters is 2. The number of carbonyl (C=O) groups is 2. The highest BCUT2D eigenvalue weighted by molar-refractivity contribution is 5.99. The zero-order chi connectivity index (χ0) is 16.5. The summed E-state index contributed by atoms with van der Waals surface area (Å²) in [5.41, 5.74) is 1.06. The Morgan fingerprint density at radius 1 is 1.32 bits per heavy atom. The van der Waals surface area contributed by atoms with Crippen LogP contribution in [0.3, 0.4) is 0 Å². The number of aliphatic imine (C=N–C) groups is 1. The van der Waals surface area contributed by atoms with Gasteiger partial charge in [-0.2, -0.15) is 0 Å². The Morgan fingerprint density at radius 3 is 2.64 bits per heavy atom. The van der Waals surface area contributed by atoms with Gasteiger partial charge in [-0.25, -0.2) is 9.59 Å². The predicted octanol–water partition coefficient (Wildman–Crippen LogP) is 1.00. The van der Waals surface area contributed by atoms with Crippen LogP contribution in [-0.4, -0.2) is 64.5 Å². The van der Waals surface area contributed by atoms with E-state index in [-0.39, 0.29) is 11.5 Å². The second-order valence-corrected chi connectivity index (χ2v) is 4.98. The molecule has 0 spiro atoms. The van der Waals surface area contributed by atoms with Crippen molar-refractivity contribution in [2.45, 2.75) is 0 Å². The van der Waals surface area contributed by atoms with Gasteiger partial charge in [0.2, 0.25) is 0 Å². The van der Waals surface area contributed by atoms with Gasteiger partial charge >= 0.3 is 11.9 Å². The molecule has 0 aliphatic heterocycles. The highest BCUT2D eigenvalue weighted by Crippen LogP contribution is 2.26. The second-order valence-electron chi connectivity index (χ2n) is 4.98. The first-order valence-electron chi connectivity index (χ1n) is 6.90. The number of nitrogens with zero attached hydrogens (tertiary/aromatic N) is 2. The quantitative estimate of drug-likeness (QED) is 0.399. The first kappa shape index (κ1) is 17.8. The summed E-state index contributed by atoms with van der Waals surface area (Å²) < 4.78 is 9.34. The second kappa shape index (κ2) is 8.94. The van der Waals surface area contributed by atoms with E-state index >= 15 is 0 Å². The van der Waals surface area contributed by atoms with Gasteiger partial charge in [-0.3, -0.25) is 4.99 Å². The van der Waals surface area contributed by atoms with Gasteiger partial charge in [-0.15, -0.1) is 0 Å². The molecule has 1 unspecified atom stereocenters. The van der Waals surface area contributed by atoms with Crippen LogP contribution in [0.2, 0.25) is 0 Å². The van der Waals surface area contributed by atoms with Crippen LogP contribution >= 0.6 is 0 Å². The van der Waals surface area contributed by atoms with Crippen LogP contribution in [0.25, 0.3) is 0 Å².